The number of esters is 1. The number of benzene rings is 1. The van der Waals surface area contributed by atoms with Crippen LogP contribution >= 0.6 is 22.9 Å². The van der Waals surface area contributed by atoms with Gasteiger partial charge in [0.15, 0.2) is 0 Å². The molecule has 1 saturated heterocycles. The Labute approximate surface area is 219 Å². The van der Waals surface area contributed by atoms with Crippen molar-refractivity contribution in [1.82, 2.24) is 15.0 Å². The highest BCUT2D eigenvalue weighted by Gasteiger charge is 2.31. The summed E-state index contributed by atoms with van der Waals surface area (Å²) in [5, 5.41) is 8.35. The molecule has 0 bridgehead atoms. The monoisotopic (exact) mass is 528 g/mol. The maximum absolute atomic E-state index is 13.3. The molecule has 3 heterocycles. The Kier molecular flexibility index (Phi) is 7.69. The number of fused-ring (bicyclic) bond motifs is 1. The quantitative estimate of drug-likeness (QED) is 0.412. The third-order valence-corrected chi connectivity index (χ3v) is 8.24. The summed E-state index contributed by atoms with van der Waals surface area (Å²) in [6, 6.07) is 7.37. The Morgan fingerprint density at radius 1 is 1.25 bits per heavy atom. The van der Waals surface area contributed by atoms with Gasteiger partial charge in [0.2, 0.25) is 17.6 Å². The second-order valence-corrected chi connectivity index (χ2v) is 10.7. The Bertz CT molecular complexity index is 1260. The van der Waals surface area contributed by atoms with E-state index >= 15 is 0 Å². The number of hydrogen-bond acceptors (Lipinski definition) is 8. The summed E-state index contributed by atoms with van der Waals surface area (Å²) in [5.41, 5.74) is 2.33. The zero-order chi connectivity index (χ0) is 25.1. The van der Waals surface area contributed by atoms with E-state index in [-0.39, 0.29) is 17.8 Å². The van der Waals surface area contributed by atoms with Gasteiger partial charge in [-0.2, -0.15) is 4.98 Å². The standard InChI is InChI=1S/C26H29ClN4O4S/c1-2-34-26(33)22-18-10-4-6-12-20(18)36-25(22)29-24(32)16-8-7-13-31(14-16)15-21-28-23(30-35-21)17-9-3-5-11-19(17)27/h3,5,9,11,16H,2,4,6-8,10,12-15H2,1H3,(H,29,32). The molecule has 1 aromatic carbocycles. The van der Waals surface area contributed by atoms with Crippen molar-refractivity contribution in [2.75, 3.05) is 25.0 Å². The molecule has 190 valence electrons. The number of rotatable bonds is 7. The molecule has 1 amide bonds. The number of hydrogen-bond donors (Lipinski definition) is 1. The molecule has 1 N–H and O–H groups in total. The van der Waals surface area contributed by atoms with Gasteiger partial charge in [-0.1, -0.05) is 28.9 Å². The Morgan fingerprint density at radius 3 is 2.92 bits per heavy atom. The number of halogens is 1. The van der Waals surface area contributed by atoms with Gasteiger partial charge < -0.3 is 14.6 Å². The number of aromatic nitrogens is 2. The first kappa shape index (κ1) is 24.9. The van der Waals surface area contributed by atoms with Crippen molar-refractivity contribution in [3.05, 3.63) is 51.2 Å². The van der Waals surface area contributed by atoms with Crippen LogP contribution in [0.25, 0.3) is 11.4 Å². The van der Waals surface area contributed by atoms with Gasteiger partial charge in [-0.3, -0.25) is 9.69 Å². The summed E-state index contributed by atoms with van der Waals surface area (Å²) in [5.74, 6) is 0.338. The molecule has 2 aliphatic rings. The maximum atomic E-state index is 13.3. The lowest BCUT2D eigenvalue weighted by molar-refractivity contribution is -0.121. The molecule has 1 unspecified atom stereocenters. The maximum Gasteiger partial charge on any atom is 0.341 e. The summed E-state index contributed by atoms with van der Waals surface area (Å²) in [4.78, 5) is 33.9. The zero-order valence-electron chi connectivity index (χ0n) is 20.2. The average Bonchev–Trinajstić information content (AvgIpc) is 3.49. The van der Waals surface area contributed by atoms with E-state index in [0.717, 1.165) is 56.2 Å². The minimum absolute atomic E-state index is 0.0638. The highest BCUT2D eigenvalue weighted by molar-refractivity contribution is 7.17. The van der Waals surface area contributed by atoms with Gasteiger partial charge in [0.05, 0.1) is 29.7 Å². The van der Waals surface area contributed by atoms with E-state index in [1.807, 2.05) is 18.2 Å². The topological polar surface area (TPSA) is 97.6 Å². The average molecular weight is 529 g/mol. The highest BCUT2D eigenvalue weighted by Crippen LogP contribution is 2.39. The van der Waals surface area contributed by atoms with Gasteiger partial charge in [0.1, 0.15) is 5.00 Å². The van der Waals surface area contributed by atoms with Crippen molar-refractivity contribution in [3.8, 4) is 11.4 Å². The molecule has 1 aliphatic heterocycles. The molecule has 36 heavy (non-hydrogen) atoms. The molecule has 8 nitrogen and oxygen atoms in total. The van der Waals surface area contributed by atoms with Gasteiger partial charge in [-0.05, 0) is 69.7 Å². The number of nitrogens with zero attached hydrogens (tertiary/aromatic N) is 3. The summed E-state index contributed by atoms with van der Waals surface area (Å²) in [7, 11) is 0. The number of aryl methyl sites for hydroxylation is 1. The third-order valence-electron chi connectivity index (χ3n) is 6.71. The number of amides is 1. The van der Waals surface area contributed by atoms with Crippen molar-refractivity contribution in [2.45, 2.75) is 52.0 Å². The molecule has 1 atom stereocenters. The lowest BCUT2D eigenvalue weighted by Crippen LogP contribution is -2.40. The van der Waals surface area contributed by atoms with E-state index in [4.69, 9.17) is 20.9 Å². The van der Waals surface area contributed by atoms with Crippen LogP contribution in [0.1, 0.15) is 59.3 Å². The molecule has 0 spiro atoms. The highest BCUT2D eigenvalue weighted by atomic mass is 35.5. The van der Waals surface area contributed by atoms with Crippen molar-refractivity contribution < 1.29 is 18.8 Å². The second kappa shape index (κ2) is 11.1. The molecule has 2 aromatic heterocycles. The molecule has 0 saturated carbocycles. The molecule has 3 aromatic rings. The van der Waals surface area contributed by atoms with Gasteiger partial charge in [0, 0.05) is 17.0 Å². The van der Waals surface area contributed by atoms with E-state index in [0.29, 0.717) is 47.0 Å². The number of piperidine rings is 1. The van der Waals surface area contributed by atoms with Crippen LogP contribution < -0.4 is 5.32 Å². The first-order valence-electron chi connectivity index (χ1n) is 12.5. The molecule has 1 aliphatic carbocycles. The fourth-order valence-electron chi connectivity index (χ4n) is 4.96. The normalized spacial score (nSPS) is 18.0. The number of carbonyl (C=O) groups is 2. The lowest BCUT2D eigenvalue weighted by atomic mass is 9.95. The SMILES string of the molecule is CCOC(=O)c1c(NC(=O)C2CCCN(Cc3nc(-c4ccccc4Cl)no3)C2)sc2c1CCCC2. The van der Waals surface area contributed by atoms with Gasteiger partial charge >= 0.3 is 5.97 Å². The minimum atomic E-state index is -0.344. The minimum Gasteiger partial charge on any atom is -0.462 e. The predicted molar refractivity (Wildman–Crippen MR) is 138 cm³/mol. The first-order chi connectivity index (χ1) is 17.5. The van der Waals surface area contributed by atoms with Crippen LogP contribution in [-0.4, -0.2) is 46.6 Å². The van der Waals surface area contributed by atoms with E-state index in [1.54, 1.807) is 13.0 Å². The van der Waals surface area contributed by atoms with Crippen molar-refractivity contribution in [3.63, 3.8) is 0 Å². The molecule has 10 heteroatoms. The van der Waals surface area contributed by atoms with Crippen LogP contribution in [0.15, 0.2) is 28.8 Å². The smallest absolute Gasteiger partial charge is 0.341 e. The Hall–Kier alpha value is -2.75. The fourth-order valence-corrected chi connectivity index (χ4v) is 6.46. The number of carbonyl (C=O) groups excluding carboxylic acids is 2. The van der Waals surface area contributed by atoms with Gasteiger partial charge in [0.25, 0.3) is 0 Å². The van der Waals surface area contributed by atoms with Gasteiger partial charge in [-0.15, -0.1) is 11.3 Å². The molecular formula is C26H29ClN4O4S. The van der Waals surface area contributed by atoms with E-state index in [1.165, 1.54) is 16.2 Å². The second-order valence-electron chi connectivity index (χ2n) is 9.19. The lowest BCUT2D eigenvalue weighted by Gasteiger charge is -2.30. The fraction of sp³-hybridized carbons (Fsp3) is 0.462. The van der Waals surface area contributed by atoms with Crippen molar-refractivity contribution >= 4 is 39.8 Å². The summed E-state index contributed by atoms with van der Waals surface area (Å²) in [6.45, 7) is 3.99. The predicted octanol–water partition coefficient (Wildman–Crippen LogP) is 5.36. The van der Waals surface area contributed by atoms with Crippen LogP contribution in [0.4, 0.5) is 5.00 Å². The summed E-state index contributed by atoms with van der Waals surface area (Å²) >= 11 is 7.78. The summed E-state index contributed by atoms with van der Waals surface area (Å²) < 4.78 is 10.8. The number of ether oxygens (including phenoxy) is 1. The molecule has 0 radical (unpaired) electrons. The van der Waals surface area contributed by atoms with Crippen LogP contribution in [0.5, 0.6) is 0 Å². The summed E-state index contributed by atoms with van der Waals surface area (Å²) in [6.07, 6.45) is 5.63. The van der Waals surface area contributed by atoms with Crippen LogP contribution in [0, 0.1) is 5.92 Å². The van der Waals surface area contributed by atoms with Crippen molar-refractivity contribution in [1.29, 1.82) is 0 Å². The van der Waals surface area contributed by atoms with Crippen LogP contribution in [0.3, 0.4) is 0 Å². The molecular weight excluding hydrogens is 500 g/mol. The first-order valence-corrected chi connectivity index (χ1v) is 13.6. The van der Waals surface area contributed by atoms with E-state index in [9.17, 15) is 9.59 Å². The Balaban J connectivity index is 1.26. The zero-order valence-corrected chi connectivity index (χ0v) is 21.8. The number of likely N-dealkylation sites (tertiary alicyclic amines) is 1. The third kappa shape index (κ3) is 5.33. The van der Waals surface area contributed by atoms with Crippen LogP contribution in [0.2, 0.25) is 5.02 Å². The number of anilines is 1. The van der Waals surface area contributed by atoms with E-state index < -0.39 is 0 Å². The number of nitrogens with one attached hydrogen (secondary N) is 1. The van der Waals surface area contributed by atoms with Crippen molar-refractivity contribution in [2.24, 2.45) is 5.92 Å². The van der Waals surface area contributed by atoms with Crippen LogP contribution in [-0.2, 0) is 28.9 Å². The molecule has 5 rings (SSSR count). The van der Waals surface area contributed by atoms with E-state index in [2.05, 4.69) is 20.4 Å². The Morgan fingerprint density at radius 2 is 2.08 bits per heavy atom. The molecule has 1 fully saturated rings. The largest absolute Gasteiger partial charge is 0.462 e. The van der Waals surface area contributed by atoms with Gasteiger partial charge in [-0.25, -0.2) is 4.79 Å². The number of thiophene rings is 1.